The van der Waals surface area contributed by atoms with Crippen molar-refractivity contribution in [3.05, 3.63) is 48.0 Å². The quantitative estimate of drug-likeness (QED) is 0.686. The van der Waals surface area contributed by atoms with Gasteiger partial charge in [-0.05, 0) is 34.9 Å². The summed E-state index contributed by atoms with van der Waals surface area (Å²) in [5.74, 6) is 0.491. The minimum Gasteiger partial charge on any atom is -0.497 e. The predicted octanol–water partition coefficient (Wildman–Crippen LogP) is 2.66. The van der Waals surface area contributed by atoms with E-state index in [1.807, 2.05) is 42.5 Å². The smallest absolute Gasteiger partial charge is 0.310 e. The number of anilines is 1. The number of nitrogen functional groups attached to an aromatic ring is 1. The van der Waals surface area contributed by atoms with E-state index in [1.165, 1.54) is 7.11 Å². The molecule has 0 amide bonds. The van der Waals surface area contributed by atoms with Gasteiger partial charge in [-0.2, -0.15) is 0 Å². The lowest BCUT2D eigenvalue weighted by Gasteiger charge is -2.09. The molecule has 0 saturated carbocycles. The van der Waals surface area contributed by atoms with Gasteiger partial charge in [0.2, 0.25) is 0 Å². The van der Waals surface area contributed by atoms with E-state index in [4.69, 9.17) is 10.5 Å². The molecular formula is C16H17NO3. The number of carbonyl (C=O) groups excluding carboxylic acids is 1. The fourth-order valence-corrected chi connectivity index (χ4v) is 1.97. The molecule has 2 aromatic rings. The average Bonchev–Trinajstić information content (AvgIpc) is 2.49. The van der Waals surface area contributed by atoms with E-state index < -0.39 is 0 Å². The van der Waals surface area contributed by atoms with Crippen LogP contribution in [0.4, 0.5) is 5.69 Å². The zero-order valence-corrected chi connectivity index (χ0v) is 11.6. The Morgan fingerprint density at radius 3 is 2.50 bits per heavy atom. The maximum Gasteiger partial charge on any atom is 0.310 e. The lowest BCUT2D eigenvalue weighted by molar-refractivity contribution is -0.139. The van der Waals surface area contributed by atoms with Crippen LogP contribution < -0.4 is 10.5 Å². The number of benzene rings is 2. The molecule has 0 unspecified atom stereocenters. The van der Waals surface area contributed by atoms with Crippen LogP contribution in [0.3, 0.4) is 0 Å². The molecule has 0 aromatic heterocycles. The zero-order chi connectivity index (χ0) is 14.5. The second-order valence-electron chi connectivity index (χ2n) is 4.40. The number of hydrogen-bond acceptors (Lipinski definition) is 4. The molecule has 0 aliphatic carbocycles. The number of methoxy groups -OCH3 is 2. The Morgan fingerprint density at radius 1 is 1.10 bits per heavy atom. The van der Waals surface area contributed by atoms with Gasteiger partial charge in [-0.3, -0.25) is 4.79 Å². The van der Waals surface area contributed by atoms with Crippen molar-refractivity contribution in [2.45, 2.75) is 6.42 Å². The number of nitrogens with two attached hydrogens (primary N) is 1. The predicted molar refractivity (Wildman–Crippen MR) is 78.6 cm³/mol. The number of rotatable bonds is 4. The van der Waals surface area contributed by atoms with Crippen molar-refractivity contribution in [1.29, 1.82) is 0 Å². The minimum absolute atomic E-state index is 0.181. The first-order valence-electron chi connectivity index (χ1n) is 6.23. The van der Waals surface area contributed by atoms with Crippen LogP contribution in [-0.4, -0.2) is 20.2 Å². The zero-order valence-electron chi connectivity index (χ0n) is 11.6. The van der Waals surface area contributed by atoms with Gasteiger partial charge >= 0.3 is 5.97 Å². The normalized spacial score (nSPS) is 10.1. The van der Waals surface area contributed by atoms with Crippen molar-refractivity contribution < 1.29 is 14.3 Å². The second kappa shape index (κ2) is 6.10. The van der Waals surface area contributed by atoms with Crippen molar-refractivity contribution in [3.8, 4) is 16.9 Å². The Hall–Kier alpha value is -2.49. The highest BCUT2D eigenvalue weighted by molar-refractivity contribution is 5.77. The molecule has 0 saturated heterocycles. The molecule has 0 heterocycles. The molecule has 0 atom stereocenters. The summed E-state index contributed by atoms with van der Waals surface area (Å²) in [5, 5.41) is 0. The summed E-state index contributed by atoms with van der Waals surface area (Å²) in [7, 11) is 3.00. The average molecular weight is 271 g/mol. The van der Waals surface area contributed by atoms with Crippen LogP contribution in [0.25, 0.3) is 11.1 Å². The van der Waals surface area contributed by atoms with Gasteiger partial charge in [0.15, 0.2) is 0 Å². The molecule has 4 nitrogen and oxygen atoms in total. The fourth-order valence-electron chi connectivity index (χ4n) is 1.97. The van der Waals surface area contributed by atoms with E-state index in [0.29, 0.717) is 5.69 Å². The van der Waals surface area contributed by atoms with Gasteiger partial charge in [-0.25, -0.2) is 0 Å². The number of esters is 1. The number of hydrogen-bond donors (Lipinski definition) is 1. The minimum atomic E-state index is -0.300. The molecule has 104 valence electrons. The molecular weight excluding hydrogens is 254 g/mol. The van der Waals surface area contributed by atoms with Crippen LogP contribution in [0.15, 0.2) is 42.5 Å². The third kappa shape index (κ3) is 3.09. The highest BCUT2D eigenvalue weighted by Gasteiger charge is 2.08. The van der Waals surface area contributed by atoms with Crippen LogP contribution in [0.1, 0.15) is 5.56 Å². The van der Waals surface area contributed by atoms with E-state index in [9.17, 15) is 4.79 Å². The lowest BCUT2D eigenvalue weighted by atomic mass is 10.0. The van der Waals surface area contributed by atoms with Crippen LogP contribution in [0.5, 0.6) is 5.75 Å². The standard InChI is InChI=1S/C16H17NO3/c1-19-14-5-3-4-11(8-14)12-6-7-13(15(17)9-12)10-16(18)20-2/h3-9H,10,17H2,1-2H3. The van der Waals surface area contributed by atoms with Gasteiger partial charge in [-0.1, -0.05) is 24.3 Å². The van der Waals surface area contributed by atoms with Gasteiger partial charge in [0.05, 0.1) is 20.6 Å². The van der Waals surface area contributed by atoms with Crippen molar-refractivity contribution in [1.82, 2.24) is 0 Å². The maximum atomic E-state index is 11.3. The Labute approximate surface area is 118 Å². The molecule has 0 spiro atoms. The van der Waals surface area contributed by atoms with Crippen molar-refractivity contribution in [2.24, 2.45) is 0 Å². The second-order valence-corrected chi connectivity index (χ2v) is 4.40. The molecule has 20 heavy (non-hydrogen) atoms. The third-order valence-electron chi connectivity index (χ3n) is 3.11. The van der Waals surface area contributed by atoms with Gasteiger partial charge in [0.1, 0.15) is 5.75 Å². The molecule has 0 bridgehead atoms. The Morgan fingerprint density at radius 2 is 1.85 bits per heavy atom. The van der Waals surface area contributed by atoms with Gasteiger partial charge < -0.3 is 15.2 Å². The summed E-state index contributed by atoms with van der Waals surface area (Å²) >= 11 is 0. The van der Waals surface area contributed by atoms with E-state index in [2.05, 4.69) is 4.74 Å². The molecule has 2 N–H and O–H groups in total. The highest BCUT2D eigenvalue weighted by atomic mass is 16.5. The van der Waals surface area contributed by atoms with E-state index in [1.54, 1.807) is 7.11 Å². The molecule has 4 heteroatoms. The molecule has 2 rings (SSSR count). The Balaban J connectivity index is 2.30. The van der Waals surface area contributed by atoms with E-state index in [0.717, 1.165) is 22.4 Å². The van der Waals surface area contributed by atoms with Crippen LogP contribution in [-0.2, 0) is 16.0 Å². The Kier molecular flexibility index (Phi) is 4.25. The summed E-state index contributed by atoms with van der Waals surface area (Å²) in [6.07, 6.45) is 0.181. The molecule has 0 radical (unpaired) electrons. The Bertz CT molecular complexity index is 623. The monoisotopic (exact) mass is 271 g/mol. The van der Waals surface area contributed by atoms with Crippen molar-refractivity contribution >= 4 is 11.7 Å². The molecule has 2 aromatic carbocycles. The van der Waals surface area contributed by atoms with Gasteiger partial charge in [0.25, 0.3) is 0 Å². The molecule has 0 aliphatic rings. The van der Waals surface area contributed by atoms with Crippen molar-refractivity contribution in [3.63, 3.8) is 0 Å². The number of carbonyl (C=O) groups is 1. The summed E-state index contributed by atoms with van der Waals surface area (Å²) in [4.78, 5) is 11.3. The van der Waals surface area contributed by atoms with Crippen LogP contribution in [0.2, 0.25) is 0 Å². The summed E-state index contributed by atoms with van der Waals surface area (Å²) in [6, 6.07) is 13.4. The van der Waals surface area contributed by atoms with Crippen molar-refractivity contribution in [2.75, 3.05) is 20.0 Å². The summed E-state index contributed by atoms with van der Waals surface area (Å²) < 4.78 is 9.85. The summed E-state index contributed by atoms with van der Waals surface area (Å²) in [5.41, 5.74) is 9.34. The van der Waals surface area contributed by atoms with Crippen LogP contribution in [0, 0.1) is 0 Å². The lowest BCUT2D eigenvalue weighted by Crippen LogP contribution is -2.06. The molecule has 0 aliphatic heterocycles. The highest BCUT2D eigenvalue weighted by Crippen LogP contribution is 2.27. The number of ether oxygens (including phenoxy) is 2. The molecule has 0 fully saturated rings. The third-order valence-corrected chi connectivity index (χ3v) is 3.11. The first-order chi connectivity index (χ1) is 9.63. The first-order valence-corrected chi connectivity index (χ1v) is 6.23. The SMILES string of the molecule is COC(=O)Cc1ccc(-c2cccc(OC)c2)cc1N. The topological polar surface area (TPSA) is 61.5 Å². The van der Waals surface area contributed by atoms with E-state index in [-0.39, 0.29) is 12.4 Å². The van der Waals surface area contributed by atoms with Gasteiger partial charge in [-0.15, -0.1) is 0 Å². The first kappa shape index (κ1) is 13.9. The fraction of sp³-hybridized carbons (Fsp3) is 0.188. The van der Waals surface area contributed by atoms with E-state index >= 15 is 0 Å². The van der Waals surface area contributed by atoms with Gasteiger partial charge in [0, 0.05) is 5.69 Å². The largest absolute Gasteiger partial charge is 0.497 e. The van der Waals surface area contributed by atoms with Crippen LogP contribution >= 0.6 is 0 Å². The maximum absolute atomic E-state index is 11.3. The summed E-state index contributed by atoms with van der Waals surface area (Å²) in [6.45, 7) is 0.